The first kappa shape index (κ1) is 12.9. The van der Waals surface area contributed by atoms with Gasteiger partial charge >= 0.3 is 0 Å². The lowest BCUT2D eigenvalue weighted by atomic mass is 10.2. The van der Waals surface area contributed by atoms with E-state index in [-0.39, 0.29) is 16.5 Å². The summed E-state index contributed by atoms with van der Waals surface area (Å²) in [5.74, 6) is 0.267. The summed E-state index contributed by atoms with van der Waals surface area (Å²) in [6, 6.07) is 2.13. The second-order valence-corrected chi connectivity index (χ2v) is 6.61. The fraction of sp³-hybridized carbons (Fsp3) is 0.583. The molecule has 0 aromatic carbocycles. The van der Waals surface area contributed by atoms with Crippen molar-refractivity contribution >= 4 is 29.0 Å². The molecule has 0 spiro atoms. The number of thioether (sulfide) groups is 1. The van der Waals surface area contributed by atoms with Gasteiger partial charge in [-0.2, -0.15) is 0 Å². The maximum absolute atomic E-state index is 12.1. The molecular weight excluding hydrogens is 252 g/mol. The van der Waals surface area contributed by atoms with E-state index in [9.17, 15) is 4.79 Å². The van der Waals surface area contributed by atoms with E-state index in [4.69, 9.17) is 0 Å². The number of rotatable bonds is 4. The molecule has 0 radical (unpaired) electrons. The molecule has 3 nitrogen and oxygen atoms in total. The molecule has 94 valence electrons. The second-order valence-electron chi connectivity index (χ2n) is 4.23. The Labute approximate surface area is 111 Å². The molecule has 2 rings (SSSR count). The first-order valence-corrected chi connectivity index (χ1v) is 7.62. The van der Waals surface area contributed by atoms with Crippen LogP contribution in [0.1, 0.15) is 22.7 Å². The molecule has 2 heterocycles. The molecule has 1 aliphatic rings. The van der Waals surface area contributed by atoms with Crippen LogP contribution < -0.4 is 5.32 Å². The highest BCUT2D eigenvalue weighted by Crippen LogP contribution is 2.45. The average molecular weight is 270 g/mol. The first-order valence-electron chi connectivity index (χ1n) is 5.79. The number of nitrogens with one attached hydrogen (secondary N) is 1. The second kappa shape index (κ2) is 5.42. The third kappa shape index (κ3) is 2.51. The Morgan fingerprint density at radius 3 is 2.88 bits per heavy atom. The molecular formula is C12H18N2OS2. The Hall–Kier alpha value is -0.520. The summed E-state index contributed by atoms with van der Waals surface area (Å²) in [6.45, 7) is 5.76. The van der Waals surface area contributed by atoms with Crippen molar-refractivity contribution in [2.45, 2.75) is 24.5 Å². The first-order chi connectivity index (χ1) is 8.15. The van der Waals surface area contributed by atoms with Crippen molar-refractivity contribution < 1.29 is 4.79 Å². The number of hydrogen-bond acceptors (Lipinski definition) is 4. The van der Waals surface area contributed by atoms with Gasteiger partial charge in [0.2, 0.25) is 5.91 Å². The Morgan fingerprint density at radius 1 is 1.53 bits per heavy atom. The van der Waals surface area contributed by atoms with Gasteiger partial charge in [-0.25, -0.2) is 0 Å². The zero-order valence-electron chi connectivity index (χ0n) is 10.4. The van der Waals surface area contributed by atoms with Crippen LogP contribution in [0.5, 0.6) is 0 Å². The lowest BCUT2D eigenvalue weighted by molar-refractivity contribution is -0.129. The Bertz CT molecular complexity index is 405. The van der Waals surface area contributed by atoms with E-state index in [1.54, 1.807) is 23.1 Å². The fourth-order valence-corrected chi connectivity index (χ4v) is 4.53. The number of nitrogens with zero attached hydrogens (tertiary/aromatic N) is 1. The van der Waals surface area contributed by atoms with Crippen molar-refractivity contribution in [3.05, 3.63) is 21.9 Å². The van der Waals surface area contributed by atoms with Gasteiger partial charge in [0, 0.05) is 18.0 Å². The zero-order valence-corrected chi connectivity index (χ0v) is 12.0. The highest BCUT2D eigenvalue weighted by atomic mass is 32.2. The minimum atomic E-state index is 0.0818. The van der Waals surface area contributed by atoms with Gasteiger partial charge in [-0.1, -0.05) is 0 Å². The predicted octanol–water partition coefficient (Wildman–Crippen LogP) is 2.24. The van der Waals surface area contributed by atoms with Gasteiger partial charge in [0.15, 0.2) is 0 Å². The van der Waals surface area contributed by atoms with Crippen LogP contribution >= 0.6 is 23.1 Å². The van der Waals surface area contributed by atoms with Crippen molar-refractivity contribution in [3.63, 3.8) is 0 Å². The molecule has 1 amide bonds. The quantitative estimate of drug-likeness (QED) is 0.910. The number of amides is 1. The van der Waals surface area contributed by atoms with Crippen LogP contribution in [0.3, 0.4) is 0 Å². The molecule has 0 unspecified atom stereocenters. The number of hydrogen-bond donors (Lipinski definition) is 1. The summed E-state index contributed by atoms with van der Waals surface area (Å²) in [5.41, 5.74) is 1.30. The van der Waals surface area contributed by atoms with Crippen LogP contribution in [-0.2, 0) is 4.79 Å². The Kier molecular flexibility index (Phi) is 4.12. The number of carbonyl (C=O) groups is 1. The predicted molar refractivity (Wildman–Crippen MR) is 74.5 cm³/mol. The van der Waals surface area contributed by atoms with Gasteiger partial charge in [0.1, 0.15) is 5.37 Å². The Balaban J connectivity index is 2.20. The zero-order chi connectivity index (χ0) is 12.4. The van der Waals surface area contributed by atoms with Crippen LogP contribution in [0.2, 0.25) is 0 Å². The highest BCUT2D eigenvalue weighted by molar-refractivity contribution is 8.01. The third-order valence-corrected chi connectivity index (χ3v) is 5.55. The SMILES string of the molecule is CNCCN1C(=O)[C@H](C)S[C@H]1c1sccc1C. The standard InChI is InChI=1S/C12H18N2OS2/c1-8-4-7-16-10(8)12-14(6-5-13-3)11(15)9(2)17-12/h4,7,9,12-13H,5-6H2,1-3H3/t9-,12-/m0/s1. The number of carbonyl (C=O) groups excluding carboxylic acids is 1. The summed E-state index contributed by atoms with van der Waals surface area (Å²) >= 11 is 3.52. The van der Waals surface area contributed by atoms with E-state index < -0.39 is 0 Å². The number of thiophene rings is 1. The van der Waals surface area contributed by atoms with E-state index in [0.717, 1.165) is 13.1 Å². The molecule has 17 heavy (non-hydrogen) atoms. The van der Waals surface area contributed by atoms with Gasteiger partial charge in [0.25, 0.3) is 0 Å². The fourth-order valence-electron chi connectivity index (χ4n) is 1.97. The van der Waals surface area contributed by atoms with E-state index in [1.807, 2.05) is 18.9 Å². The molecule has 1 aromatic rings. The molecule has 0 bridgehead atoms. The van der Waals surface area contributed by atoms with Gasteiger partial charge in [0.05, 0.1) is 5.25 Å². The van der Waals surface area contributed by atoms with Crippen LogP contribution in [0.15, 0.2) is 11.4 Å². The lowest BCUT2D eigenvalue weighted by Crippen LogP contribution is -2.35. The smallest absolute Gasteiger partial charge is 0.236 e. The van der Waals surface area contributed by atoms with E-state index in [2.05, 4.69) is 23.7 Å². The van der Waals surface area contributed by atoms with Crippen molar-refractivity contribution in [1.82, 2.24) is 10.2 Å². The summed E-state index contributed by atoms with van der Waals surface area (Å²) < 4.78 is 0. The van der Waals surface area contributed by atoms with E-state index >= 15 is 0 Å². The normalized spacial score (nSPS) is 24.6. The molecule has 1 fully saturated rings. The van der Waals surface area contributed by atoms with Gasteiger partial charge in [-0.15, -0.1) is 23.1 Å². The summed E-state index contributed by atoms with van der Waals surface area (Å²) in [5, 5.41) is 5.51. The van der Waals surface area contributed by atoms with Crippen molar-refractivity contribution in [3.8, 4) is 0 Å². The molecule has 1 saturated heterocycles. The molecule has 2 atom stereocenters. The minimum absolute atomic E-state index is 0.0818. The number of aryl methyl sites for hydroxylation is 1. The molecule has 5 heteroatoms. The summed E-state index contributed by atoms with van der Waals surface area (Å²) in [6.07, 6.45) is 0. The molecule has 0 aliphatic carbocycles. The van der Waals surface area contributed by atoms with Gasteiger partial charge in [-0.05, 0) is 37.9 Å². The molecule has 1 aromatic heterocycles. The third-order valence-electron chi connectivity index (χ3n) is 2.98. The van der Waals surface area contributed by atoms with Crippen molar-refractivity contribution in [1.29, 1.82) is 0 Å². The maximum atomic E-state index is 12.1. The van der Waals surface area contributed by atoms with E-state index in [1.165, 1.54) is 10.4 Å². The van der Waals surface area contributed by atoms with Crippen molar-refractivity contribution in [2.75, 3.05) is 20.1 Å². The van der Waals surface area contributed by atoms with Gasteiger partial charge < -0.3 is 10.2 Å². The summed E-state index contributed by atoms with van der Waals surface area (Å²) in [7, 11) is 1.92. The highest BCUT2D eigenvalue weighted by Gasteiger charge is 2.39. The van der Waals surface area contributed by atoms with Crippen LogP contribution in [0.25, 0.3) is 0 Å². The van der Waals surface area contributed by atoms with Crippen LogP contribution in [0.4, 0.5) is 0 Å². The molecule has 0 saturated carbocycles. The van der Waals surface area contributed by atoms with Crippen LogP contribution in [-0.4, -0.2) is 36.2 Å². The largest absolute Gasteiger partial charge is 0.323 e. The summed E-state index contributed by atoms with van der Waals surface area (Å²) in [4.78, 5) is 15.4. The van der Waals surface area contributed by atoms with Crippen LogP contribution in [0, 0.1) is 6.92 Å². The van der Waals surface area contributed by atoms with E-state index in [0.29, 0.717) is 0 Å². The minimum Gasteiger partial charge on any atom is -0.323 e. The Morgan fingerprint density at radius 2 is 2.29 bits per heavy atom. The lowest BCUT2D eigenvalue weighted by Gasteiger charge is -2.23. The maximum Gasteiger partial charge on any atom is 0.236 e. The average Bonchev–Trinajstić information content (AvgIpc) is 2.83. The number of likely N-dealkylation sites (N-methyl/N-ethyl adjacent to an activating group) is 1. The molecule has 1 N–H and O–H groups in total. The molecule has 1 aliphatic heterocycles. The van der Waals surface area contributed by atoms with Gasteiger partial charge in [-0.3, -0.25) is 4.79 Å². The monoisotopic (exact) mass is 270 g/mol. The topological polar surface area (TPSA) is 32.3 Å². The van der Waals surface area contributed by atoms with Crippen molar-refractivity contribution in [2.24, 2.45) is 0 Å².